The first-order valence-electron chi connectivity index (χ1n) is 11.1. The number of carboxylic acids is 2. The molecule has 0 saturated carbocycles. The Bertz CT molecular complexity index is 1120. The molecule has 0 saturated heterocycles. The smallest absolute Gasteiger partial charge is 0.326 e. The van der Waals surface area contributed by atoms with Gasteiger partial charge in [-0.3, -0.25) is 19.2 Å². The van der Waals surface area contributed by atoms with E-state index in [9.17, 15) is 44.4 Å². The molecule has 2 aromatic carbocycles. The van der Waals surface area contributed by atoms with Crippen LogP contribution in [0.1, 0.15) is 17.5 Å². The third kappa shape index (κ3) is 9.49. The number of benzene rings is 2. The summed E-state index contributed by atoms with van der Waals surface area (Å²) in [5.41, 5.74) is 6.33. The van der Waals surface area contributed by atoms with Gasteiger partial charge in [0.1, 0.15) is 29.6 Å². The second-order valence-electron chi connectivity index (χ2n) is 8.12. The molecule has 13 heteroatoms. The van der Waals surface area contributed by atoms with E-state index in [0.29, 0.717) is 11.1 Å². The van der Waals surface area contributed by atoms with Crippen LogP contribution in [0.5, 0.6) is 11.5 Å². The van der Waals surface area contributed by atoms with Crippen molar-refractivity contribution in [2.24, 2.45) is 5.73 Å². The quantitative estimate of drug-likeness (QED) is 0.159. The molecule has 0 spiro atoms. The molecule has 0 heterocycles. The van der Waals surface area contributed by atoms with Crippen LogP contribution < -0.4 is 21.7 Å². The van der Waals surface area contributed by atoms with Crippen molar-refractivity contribution >= 4 is 29.7 Å². The number of phenols is 2. The molecule has 0 radical (unpaired) electrons. The zero-order valence-electron chi connectivity index (χ0n) is 19.6. The Morgan fingerprint density at radius 2 is 1.11 bits per heavy atom. The van der Waals surface area contributed by atoms with Gasteiger partial charge in [0.05, 0.1) is 13.0 Å². The third-order valence-corrected chi connectivity index (χ3v) is 5.22. The monoisotopic (exact) mass is 516 g/mol. The second kappa shape index (κ2) is 13.4. The number of carbonyl (C=O) groups excluding carboxylic acids is 3. The summed E-state index contributed by atoms with van der Waals surface area (Å²) in [7, 11) is 0. The van der Waals surface area contributed by atoms with Crippen LogP contribution in [0.4, 0.5) is 0 Å². The fourth-order valence-corrected chi connectivity index (χ4v) is 3.33. The van der Waals surface area contributed by atoms with Gasteiger partial charge in [0.15, 0.2) is 0 Å². The Hall–Kier alpha value is -4.65. The summed E-state index contributed by atoms with van der Waals surface area (Å²) in [6.45, 7) is -0.435. The van der Waals surface area contributed by atoms with E-state index < -0.39 is 60.8 Å². The highest BCUT2D eigenvalue weighted by Crippen LogP contribution is 2.13. The number of nitrogens with two attached hydrogens (primary N) is 1. The van der Waals surface area contributed by atoms with E-state index in [1.807, 2.05) is 0 Å². The van der Waals surface area contributed by atoms with E-state index in [2.05, 4.69) is 16.0 Å². The Morgan fingerprint density at radius 1 is 0.676 bits per heavy atom. The maximum Gasteiger partial charge on any atom is 0.326 e. The minimum atomic E-state index is -1.66. The molecule has 0 aliphatic carbocycles. The summed E-state index contributed by atoms with van der Waals surface area (Å²) >= 11 is 0. The van der Waals surface area contributed by atoms with Crippen LogP contribution in [0.25, 0.3) is 0 Å². The lowest BCUT2D eigenvalue weighted by molar-refractivity contribution is -0.143. The molecule has 9 N–H and O–H groups in total. The fourth-order valence-electron chi connectivity index (χ4n) is 3.33. The van der Waals surface area contributed by atoms with Crippen LogP contribution in [-0.4, -0.2) is 74.8 Å². The average Bonchev–Trinajstić information content (AvgIpc) is 2.84. The molecule has 0 aliphatic heterocycles. The van der Waals surface area contributed by atoms with Gasteiger partial charge in [0, 0.05) is 12.8 Å². The van der Waals surface area contributed by atoms with Crippen LogP contribution in [0.3, 0.4) is 0 Å². The lowest BCUT2D eigenvalue weighted by Crippen LogP contribution is -2.57. The number of nitrogens with one attached hydrogen (secondary N) is 3. The highest BCUT2D eigenvalue weighted by molar-refractivity contribution is 5.95. The highest BCUT2D eigenvalue weighted by Gasteiger charge is 2.31. The molecule has 37 heavy (non-hydrogen) atoms. The fraction of sp³-hybridized carbons (Fsp3) is 0.292. The van der Waals surface area contributed by atoms with Crippen molar-refractivity contribution in [3.05, 3.63) is 59.7 Å². The first kappa shape index (κ1) is 28.6. The van der Waals surface area contributed by atoms with E-state index >= 15 is 0 Å². The molecule has 0 aromatic heterocycles. The number of phenolic OH excluding ortho intramolecular Hbond substituents is 2. The van der Waals surface area contributed by atoms with Crippen molar-refractivity contribution in [2.75, 3.05) is 6.54 Å². The summed E-state index contributed by atoms with van der Waals surface area (Å²) in [6, 6.07) is 6.98. The normalized spacial score (nSPS) is 13.0. The number of aromatic hydroxyl groups is 2. The Morgan fingerprint density at radius 3 is 1.54 bits per heavy atom. The van der Waals surface area contributed by atoms with Gasteiger partial charge in [-0.15, -0.1) is 0 Å². The lowest BCUT2D eigenvalue weighted by Gasteiger charge is -2.24. The van der Waals surface area contributed by atoms with E-state index in [4.69, 9.17) is 5.73 Å². The van der Waals surface area contributed by atoms with Crippen LogP contribution in [0.15, 0.2) is 48.5 Å². The van der Waals surface area contributed by atoms with Gasteiger partial charge in [-0.2, -0.15) is 0 Å². The molecule has 0 fully saturated rings. The third-order valence-electron chi connectivity index (χ3n) is 5.22. The Balaban J connectivity index is 2.19. The number of rotatable bonds is 13. The molecular weight excluding hydrogens is 488 g/mol. The summed E-state index contributed by atoms with van der Waals surface area (Å²) in [4.78, 5) is 60.8. The Kier molecular flexibility index (Phi) is 10.4. The van der Waals surface area contributed by atoms with Crippen molar-refractivity contribution in [1.82, 2.24) is 16.0 Å². The van der Waals surface area contributed by atoms with E-state index in [1.165, 1.54) is 48.5 Å². The number of amides is 3. The van der Waals surface area contributed by atoms with Crippen molar-refractivity contribution in [3.63, 3.8) is 0 Å². The molecule has 0 aliphatic rings. The molecule has 3 atom stereocenters. The molecule has 3 unspecified atom stereocenters. The van der Waals surface area contributed by atoms with Crippen LogP contribution >= 0.6 is 0 Å². The van der Waals surface area contributed by atoms with Crippen LogP contribution in [0, 0.1) is 0 Å². The number of aliphatic carboxylic acids is 2. The topological polar surface area (TPSA) is 228 Å². The Labute approximate surface area is 211 Å². The standard InChI is InChI=1S/C24H28N4O9/c25-12-20(31)26-17(9-13-1-5-15(29)6-2-13)22(34)27-18(11-21(32)33)23(35)28-19(24(36)37)10-14-3-7-16(30)8-4-14/h1-8,17-19,29-30H,9-12,25H2,(H,26,31)(H,27,34)(H,28,35)(H,32,33)(H,36,37). The molecular formula is C24H28N4O9. The van der Waals surface area contributed by atoms with Gasteiger partial charge < -0.3 is 42.1 Å². The van der Waals surface area contributed by atoms with Gasteiger partial charge in [0.25, 0.3) is 0 Å². The summed E-state index contributed by atoms with van der Waals surface area (Å²) in [5, 5.41) is 44.5. The maximum atomic E-state index is 13.0. The van der Waals surface area contributed by atoms with Crippen molar-refractivity contribution in [2.45, 2.75) is 37.4 Å². The molecule has 13 nitrogen and oxygen atoms in total. The zero-order valence-corrected chi connectivity index (χ0v) is 19.6. The summed E-state index contributed by atoms with van der Waals surface area (Å²) < 4.78 is 0. The summed E-state index contributed by atoms with van der Waals surface area (Å²) in [6.07, 6.45) is -1.11. The van der Waals surface area contributed by atoms with Crippen LogP contribution in [0.2, 0.25) is 0 Å². The molecule has 198 valence electrons. The highest BCUT2D eigenvalue weighted by atomic mass is 16.4. The molecule has 0 bridgehead atoms. The predicted molar refractivity (Wildman–Crippen MR) is 128 cm³/mol. The average molecular weight is 517 g/mol. The number of hydrogen-bond donors (Lipinski definition) is 8. The molecule has 2 rings (SSSR count). The minimum Gasteiger partial charge on any atom is -0.508 e. The number of carboxylic acid groups (broad SMARTS) is 2. The van der Waals surface area contributed by atoms with Crippen molar-refractivity contribution in [1.29, 1.82) is 0 Å². The van der Waals surface area contributed by atoms with E-state index in [1.54, 1.807) is 0 Å². The molecule has 2 aromatic rings. The SMILES string of the molecule is NCC(=O)NC(Cc1ccc(O)cc1)C(=O)NC(CC(=O)O)C(=O)NC(Cc1ccc(O)cc1)C(=O)O. The largest absolute Gasteiger partial charge is 0.508 e. The summed E-state index contributed by atoms with van der Waals surface area (Å²) in [5.74, 6) is -5.54. The zero-order chi connectivity index (χ0) is 27.5. The lowest BCUT2D eigenvalue weighted by atomic mass is 10.0. The van der Waals surface area contributed by atoms with Gasteiger partial charge in [0.2, 0.25) is 17.7 Å². The first-order valence-corrected chi connectivity index (χ1v) is 11.1. The number of hydrogen-bond acceptors (Lipinski definition) is 8. The van der Waals surface area contributed by atoms with Gasteiger partial charge in [-0.1, -0.05) is 24.3 Å². The van der Waals surface area contributed by atoms with Gasteiger partial charge in [-0.05, 0) is 35.4 Å². The maximum absolute atomic E-state index is 13.0. The van der Waals surface area contributed by atoms with Crippen molar-refractivity contribution < 1.29 is 44.4 Å². The van der Waals surface area contributed by atoms with Gasteiger partial charge in [-0.25, -0.2) is 4.79 Å². The number of carbonyl (C=O) groups is 5. The molecule has 3 amide bonds. The van der Waals surface area contributed by atoms with E-state index in [-0.39, 0.29) is 24.3 Å². The second-order valence-corrected chi connectivity index (χ2v) is 8.12. The van der Waals surface area contributed by atoms with E-state index in [0.717, 1.165) is 0 Å². The first-order chi connectivity index (χ1) is 17.5. The minimum absolute atomic E-state index is 0.0192. The van der Waals surface area contributed by atoms with Gasteiger partial charge >= 0.3 is 11.9 Å². The van der Waals surface area contributed by atoms with Crippen LogP contribution in [-0.2, 0) is 36.8 Å². The van der Waals surface area contributed by atoms with Crippen molar-refractivity contribution in [3.8, 4) is 11.5 Å². The predicted octanol–water partition coefficient (Wildman–Crippen LogP) is -1.14.